The Morgan fingerprint density at radius 1 is 0.960 bits per heavy atom. The van der Waals surface area contributed by atoms with Gasteiger partial charge in [0.2, 0.25) is 10.0 Å². The minimum atomic E-state index is -3.62. The summed E-state index contributed by atoms with van der Waals surface area (Å²) in [6.45, 7) is 5.55. The summed E-state index contributed by atoms with van der Waals surface area (Å²) in [4.78, 5) is 2.31. The number of aryl methyl sites for hydroxylation is 2. The van der Waals surface area contributed by atoms with E-state index in [0.717, 1.165) is 11.3 Å². The molecule has 0 N–H and O–H groups in total. The highest BCUT2D eigenvalue weighted by Crippen LogP contribution is 2.27. The molecule has 1 aliphatic heterocycles. The first kappa shape index (κ1) is 18.2. The van der Waals surface area contributed by atoms with Crippen molar-refractivity contribution in [1.29, 1.82) is 0 Å². The molecule has 0 amide bonds. The minimum absolute atomic E-state index is 0.168. The van der Waals surface area contributed by atoms with Crippen LogP contribution in [0, 0.1) is 19.7 Å². The molecule has 0 radical (unpaired) electrons. The largest absolute Gasteiger partial charge is 0.369 e. The van der Waals surface area contributed by atoms with Gasteiger partial charge in [-0.05, 0) is 55.3 Å². The molecular formula is C18H20ClFN2O2S. The molecule has 0 spiro atoms. The predicted octanol–water partition coefficient (Wildman–Crippen LogP) is 3.61. The van der Waals surface area contributed by atoms with Gasteiger partial charge in [-0.3, -0.25) is 0 Å². The number of hydrogen-bond acceptors (Lipinski definition) is 3. The van der Waals surface area contributed by atoms with Crippen LogP contribution in [0.1, 0.15) is 11.1 Å². The van der Waals surface area contributed by atoms with Crippen molar-refractivity contribution in [2.24, 2.45) is 0 Å². The summed E-state index contributed by atoms with van der Waals surface area (Å²) >= 11 is 6.08. The van der Waals surface area contributed by atoms with Crippen LogP contribution in [0.25, 0.3) is 0 Å². The average Bonchev–Trinajstić information content (AvgIpc) is 2.57. The first-order valence-corrected chi connectivity index (χ1v) is 9.88. The van der Waals surface area contributed by atoms with E-state index in [2.05, 4.69) is 4.90 Å². The second kappa shape index (κ2) is 6.94. The molecule has 1 aliphatic rings. The molecule has 1 heterocycles. The molecule has 3 rings (SSSR count). The van der Waals surface area contributed by atoms with Crippen molar-refractivity contribution in [3.05, 3.63) is 58.4 Å². The second-order valence-electron chi connectivity index (χ2n) is 6.23. The average molecular weight is 383 g/mol. The topological polar surface area (TPSA) is 40.6 Å². The molecule has 7 heteroatoms. The number of hydrogen-bond donors (Lipinski definition) is 0. The summed E-state index contributed by atoms with van der Waals surface area (Å²) in [5.74, 6) is -0.433. The van der Waals surface area contributed by atoms with Gasteiger partial charge in [0.1, 0.15) is 5.82 Å². The zero-order chi connectivity index (χ0) is 18.2. The first-order valence-electron chi connectivity index (χ1n) is 8.06. The molecule has 1 saturated heterocycles. The highest BCUT2D eigenvalue weighted by Gasteiger charge is 2.30. The van der Waals surface area contributed by atoms with Gasteiger partial charge in [0.25, 0.3) is 0 Å². The summed E-state index contributed by atoms with van der Waals surface area (Å²) in [7, 11) is -3.62. The second-order valence-corrected chi connectivity index (χ2v) is 8.57. The standard InChI is InChI=1S/C18H20ClFN2O2S/c1-13-3-4-15(19)12-17(13)21-7-9-22(10-8-21)25(23,24)18-6-5-16(20)11-14(18)2/h3-6,11-12H,7-10H2,1-2H3. The first-order chi connectivity index (χ1) is 11.8. The molecule has 0 unspecified atom stereocenters. The van der Waals surface area contributed by atoms with Gasteiger partial charge >= 0.3 is 0 Å². The van der Waals surface area contributed by atoms with E-state index in [1.807, 2.05) is 25.1 Å². The van der Waals surface area contributed by atoms with Gasteiger partial charge < -0.3 is 4.90 Å². The van der Waals surface area contributed by atoms with Crippen LogP contribution < -0.4 is 4.90 Å². The fraction of sp³-hybridized carbons (Fsp3) is 0.333. The fourth-order valence-electron chi connectivity index (χ4n) is 3.13. The van der Waals surface area contributed by atoms with E-state index in [0.29, 0.717) is 36.8 Å². The van der Waals surface area contributed by atoms with Gasteiger partial charge in [-0.2, -0.15) is 4.31 Å². The molecule has 4 nitrogen and oxygen atoms in total. The van der Waals surface area contributed by atoms with Crippen molar-refractivity contribution in [3.8, 4) is 0 Å². The van der Waals surface area contributed by atoms with E-state index >= 15 is 0 Å². The molecule has 0 aliphatic carbocycles. The predicted molar refractivity (Wildman–Crippen MR) is 98.3 cm³/mol. The van der Waals surface area contributed by atoms with E-state index in [1.165, 1.54) is 22.5 Å². The number of anilines is 1. The third-order valence-electron chi connectivity index (χ3n) is 4.51. The Morgan fingerprint density at radius 2 is 1.64 bits per heavy atom. The maximum Gasteiger partial charge on any atom is 0.243 e. The van der Waals surface area contributed by atoms with Crippen LogP contribution in [0.15, 0.2) is 41.3 Å². The fourth-order valence-corrected chi connectivity index (χ4v) is 4.93. The van der Waals surface area contributed by atoms with Crippen LogP contribution >= 0.6 is 11.6 Å². The molecule has 0 aromatic heterocycles. The van der Waals surface area contributed by atoms with E-state index in [1.54, 1.807) is 6.92 Å². The number of nitrogens with zero attached hydrogens (tertiary/aromatic N) is 2. The third-order valence-corrected chi connectivity index (χ3v) is 6.80. The lowest BCUT2D eigenvalue weighted by molar-refractivity contribution is 0.384. The molecule has 1 fully saturated rings. The summed E-state index contributed by atoms with van der Waals surface area (Å²) < 4.78 is 40.4. The highest BCUT2D eigenvalue weighted by molar-refractivity contribution is 7.89. The van der Waals surface area contributed by atoms with E-state index in [-0.39, 0.29) is 4.90 Å². The van der Waals surface area contributed by atoms with Crippen molar-refractivity contribution in [2.45, 2.75) is 18.7 Å². The smallest absolute Gasteiger partial charge is 0.243 e. The molecule has 134 valence electrons. The number of sulfonamides is 1. The molecule has 0 atom stereocenters. The zero-order valence-corrected chi connectivity index (χ0v) is 15.7. The maximum absolute atomic E-state index is 13.3. The lowest BCUT2D eigenvalue weighted by Gasteiger charge is -2.36. The van der Waals surface area contributed by atoms with Crippen LogP contribution in [0.5, 0.6) is 0 Å². The number of halogens is 2. The quantitative estimate of drug-likeness (QED) is 0.814. The van der Waals surface area contributed by atoms with Gasteiger partial charge in [0, 0.05) is 36.9 Å². The molecule has 0 saturated carbocycles. The van der Waals surface area contributed by atoms with Gasteiger partial charge in [0.15, 0.2) is 0 Å². The Hall–Kier alpha value is -1.63. The van der Waals surface area contributed by atoms with Gasteiger partial charge in [-0.25, -0.2) is 12.8 Å². The summed E-state index contributed by atoms with van der Waals surface area (Å²) in [5, 5.41) is 0.664. The molecule has 2 aromatic rings. The normalized spacial score (nSPS) is 16.2. The van der Waals surface area contributed by atoms with Gasteiger partial charge in [-0.15, -0.1) is 0 Å². The van der Waals surface area contributed by atoms with Crippen LogP contribution in [0.2, 0.25) is 5.02 Å². The summed E-state index contributed by atoms with van der Waals surface area (Å²) in [6.07, 6.45) is 0. The lowest BCUT2D eigenvalue weighted by Crippen LogP contribution is -2.49. The Bertz CT molecular complexity index is 894. The van der Waals surface area contributed by atoms with Crippen molar-refractivity contribution in [3.63, 3.8) is 0 Å². The Morgan fingerprint density at radius 3 is 2.28 bits per heavy atom. The summed E-state index contributed by atoms with van der Waals surface area (Å²) in [5.41, 5.74) is 2.56. The Balaban J connectivity index is 1.78. The number of rotatable bonds is 3. The number of piperazine rings is 1. The van der Waals surface area contributed by atoms with Crippen molar-refractivity contribution in [1.82, 2.24) is 4.31 Å². The van der Waals surface area contributed by atoms with E-state index < -0.39 is 15.8 Å². The third kappa shape index (κ3) is 3.66. The van der Waals surface area contributed by atoms with E-state index in [9.17, 15) is 12.8 Å². The number of benzene rings is 2. The Kier molecular flexibility index (Phi) is 5.04. The molecule has 0 bridgehead atoms. The van der Waals surface area contributed by atoms with Crippen LogP contribution in [-0.2, 0) is 10.0 Å². The highest BCUT2D eigenvalue weighted by atomic mass is 35.5. The minimum Gasteiger partial charge on any atom is -0.369 e. The van der Waals surface area contributed by atoms with Crippen LogP contribution in [-0.4, -0.2) is 38.9 Å². The zero-order valence-electron chi connectivity index (χ0n) is 14.2. The van der Waals surface area contributed by atoms with Crippen LogP contribution in [0.4, 0.5) is 10.1 Å². The van der Waals surface area contributed by atoms with Gasteiger partial charge in [-0.1, -0.05) is 17.7 Å². The summed E-state index contributed by atoms with van der Waals surface area (Å²) in [6, 6.07) is 9.49. The SMILES string of the molecule is Cc1ccc(Cl)cc1N1CCN(S(=O)(=O)c2ccc(F)cc2C)CC1. The molecule has 25 heavy (non-hydrogen) atoms. The lowest BCUT2D eigenvalue weighted by atomic mass is 10.1. The van der Waals surface area contributed by atoms with Crippen molar-refractivity contribution < 1.29 is 12.8 Å². The van der Waals surface area contributed by atoms with Crippen molar-refractivity contribution >= 4 is 27.3 Å². The van der Waals surface area contributed by atoms with Gasteiger partial charge in [0.05, 0.1) is 4.90 Å². The molecular weight excluding hydrogens is 363 g/mol. The molecule has 2 aromatic carbocycles. The maximum atomic E-state index is 13.3. The van der Waals surface area contributed by atoms with Crippen molar-refractivity contribution in [2.75, 3.05) is 31.1 Å². The van der Waals surface area contributed by atoms with E-state index in [4.69, 9.17) is 11.6 Å². The van der Waals surface area contributed by atoms with Crippen LogP contribution in [0.3, 0.4) is 0 Å². The monoisotopic (exact) mass is 382 g/mol. The Labute approximate surface area is 152 Å².